The molecule has 0 unspecified atom stereocenters. The van der Waals surface area contributed by atoms with E-state index < -0.39 is 17.7 Å². The zero-order chi connectivity index (χ0) is 15.9. The van der Waals surface area contributed by atoms with Gasteiger partial charge in [0.2, 0.25) is 0 Å². The summed E-state index contributed by atoms with van der Waals surface area (Å²) in [6, 6.07) is 8.95. The van der Waals surface area contributed by atoms with E-state index in [4.69, 9.17) is 9.47 Å². The molecular formula is C15H14F2N2O3. The third-order valence-corrected chi connectivity index (χ3v) is 2.71. The van der Waals surface area contributed by atoms with Gasteiger partial charge in [-0.3, -0.25) is 0 Å². The van der Waals surface area contributed by atoms with Gasteiger partial charge in [-0.25, -0.2) is 13.6 Å². The van der Waals surface area contributed by atoms with Crippen molar-refractivity contribution in [3.8, 4) is 11.5 Å². The Labute approximate surface area is 125 Å². The average molecular weight is 308 g/mol. The van der Waals surface area contributed by atoms with Crippen molar-refractivity contribution in [2.24, 2.45) is 0 Å². The first-order valence-electron chi connectivity index (χ1n) is 6.36. The highest BCUT2D eigenvalue weighted by Gasteiger charge is 2.08. The van der Waals surface area contributed by atoms with Gasteiger partial charge in [0.1, 0.15) is 11.6 Å². The molecule has 0 aliphatic rings. The monoisotopic (exact) mass is 308 g/mol. The number of carbonyl (C=O) groups is 1. The molecule has 0 aliphatic carbocycles. The zero-order valence-corrected chi connectivity index (χ0v) is 11.7. The molecule has 2 N–H and O–H groups in total. The third-order valence-electron chi connectivity index (χ3n) is 2.71. The number of nitrogens with one attached hydrogen (secondary N) is 2. The number of ether oxygens (including phenoxy) is 2. The van der Waals surface area contributed by atoms with Gasteiger partial charge in [0.05, 0.1) is 12.8 Å². The lowest BCUT2D eigenvalue weighted by atomic mass is 10.3. The van der Waals surface area contributed by atoms with Crippen LogP contribution < -0.4 is 20.1 Å². The van der Waals surface area contributed by atoms with Gasteiger partial charge in [-0.15, -0.1) is 0 Å². The number of anilines is 1. The Kier molecular flexibility index (Phi) is 5.13. The smallest absolute Gasteiger partial charge is 0.321 e. The van der Waals surface area contributed by atoms with Crippen LogP contribution in [0.15, 0.2) is 42.5 Å². The van der Waals surface area contributed by atoms with Crippen LogP contribution in [0.4, 0.5) is 19.3 Å². The molecule has 2 amide bonds. The van der Waals surface area contributed by atoms with Gasteiger partial charge >= 0.3 is 6.03 Å². The Bertz CT molecular complexity index is 665. The second-order valence-electron chi connectivity index (χ2n) is 4.19. The molecule has 0 aliphatic heterocycles. The van der Waals surface area contributed by atoms with Crippen LogP contribution in [0.1, 0.15) is 0 Å². The maximum absolute atomic E-state index is 13.4. The maximum Gasteiger partial charge on any atom is 0.321 e. The molecule has 0 saturated carbocycles. The highest BCUT2D eigenvalue weighted by Crippen LogP contribution is 2.25. The van der Waals surface area contributed by atoms with Crippen LogP contribution in [0.5, 0.6) is 11.5 Å². The second-order valence-corrected chi connectivity index (χ2v) is 4.19. The summed E-state index contributed by atoms with van der Waals surface area (Å²) in [5, 5.41) is 4.55. The van der Waals surface area contributed by atoms with E-state index in [1.54, 1.807) is 24.3 Å². The molecular weight excluding hydrogens is 294 g/mol. The van der Waals surface area contributed by atoms with Gasteiger partial charge in [0, 0.05) is 6.07 Å². The number of hydrogen-bond donors (Lipinski definition) is 2. The van der Waals surface area contributed by atoms with Gasteiger partial charge in [-0.2, -0.15) is 0 Å². The Morgan fingerprint density at radius 3 is 2.59 bits per heavy atom. The number of amides is 2. The minimum Gasteiger partial charge on any atom is -0.493 e. The van der Waals surface area contributed by atoms with Crippen molar-refractivity contribution < 1.29 is 23.0 Å². The largest absolute Gasteiger partial charge is 0.493 e. The number of carbonyl (C=O) groups excluding carboxylic acids is 1. The van der Waals surface area contributed by atoms with E-state index in [0.717, 1.165) is 18.2 Å². The molecule has 0 bridgehead atoms. The third kappa shape index (κ3) is 4.08. The van der Waals surface area contributed by atoms with Crippen LogP contribution in [-0.2, 0) is 0 Å². The Morgan fingerprint density at radius 2 is 1.86 bits per heavy atom. The first kappa shape index (κ1) is 15.6. The van der Waals surface area contributed by atoms with Crippen LogP contribution in [0.2, 0.25) is 0 Å². The predicted octanol–water partition coefficient (Wildman–Crippen LogP) is 3.13. The fourth-order valence-electron chi connectivity index (χ4n) is 1.68. The Morgan fingerprint density at radius 1 is 1.14 bits per heavy atom. The molecule has 0 spiro atoms. The number of para-hydroxylation sites is 2. The summed E-state index contributed by atoms with van der Waals surface area (Å²) in [7, 11) is 1.50. The zero-order valence-electron chi connectivity index (χ0n) is 11.7. The lowest BCUT2D eigenvalue weighted by Crippen LogP contribution is -2.32. The summed E-state index contributed by atoms with van der Waals surface area (Å²) < 4.78 is 36.7. The van der Waals surface area contributed by atoms with Crippen molar-refractivity contribution in [2.45, 2.75) is 0 Å². The molecule has 116 valence electrons. The van der Waals surface area contributed by atoms with Crippen molar-refractivity contribution in [3.05, 3.63) is 54.1 Å². The summed E-state index contributed by atoms with van der Waals surface area (Å²) in [4.78, 5) is 11.6. The summed E-state index contributed by atoms with van der Waals surface area (Å²) >= 11 is 0. The van der Waals surface area contributed by atoms with E-state index >= 15 is 0 Å². The quantitative estimate of drug-likeness (QED) is 0.834. The predicted molar refractivity (Wildman–Crippen MR) is 77.0 cm³/mol. The molecule has 0 radical (unpaired) electrons. The summed E-state index contributed by atoms with van der Waals surface area (Å²) in [5.41, 5.74) is -0.255. The van der Waals surface area contributed by atoms with Crippen molar-refractivity contribution >= 4 is 11.7 Å². The molecule has 0 aromatic heterocycles. The van der Waals surface area contributed by atoms with Gasteiger partial charge in [-0.05, 0) is 24.3 Å². The number of benzene rings is 2. The molecule has 2 aromatic rings. The molecule has 22 heavy (non-hydrogen) atoms. The lowest BCUT2D eigenvalue weighted by Gasteiger charge is -2.12. The van der Waals surface area contributed by atoms with Crippen LogP contribution in [0.25, 0.3) is 0 Å². The fraction of sp³-hybridized carbons (Fsp3) is 0.133. The normalized spacial score (nSPS) is 9.95. The standard InChI is InChI=1S/C15H14F2N2O3/c1-21-13-4-2-3-5-14(13)22-9-18-15(20)19-12-8-10(16)6-7-11(12)17/h2-8H,9H2,1H3,(H2,18,19,20). The van der Waals surface area contributed by atoms with E-state index in [2.05, 4.69) is 10.6 Å². The lowest BCUT2D eigenvalue weighted by molar-refractivity contribution is 0.231. The molecule has 0 heterocycles. The van der Waals surface area contributed by atoms with Gasteiger partial charge < -0.3 is 20.1 Å². The number of rotatable bonds is 5. The number of urea groups is 1. The first-order chi connectivity index (χ1) is 10.6. The SMILES string of the molecule is COc1ccccc1OCNC(=O)Nc1cc(F)ccc1F. The minimum absolute atomic E-state index is 0.164. The summed E-state index contributed by atoms with van der Waals surface area (Å²) in [6.07, 6.45) is 0. The molecule has 2 rings (SSSR count). The van der Waals surface area contributed by atoms with E-state index in [1.807, 2.05) is 0 Å². The fourth-order valence-corrected chi connectivity index (χ4v) is 1.68. The van der Waals surface area contributed by atoms with Gasteiger partial charge in [-0.1, -0.05) is 12.1 Å². The summed E-state index contributed by atoms with van der Waals surface area (Å²) in [6.45, 7) is -0.164. The minimum atomic E-state index is -0.734. The van der Waals surface area contributed by atoms with Gasteiger partial charge in [0.15, 0.2) is 18.2 Å². The van der Waals surface area contributed by atoms with Crippen LogP contribution in [0, 0.1) is 11.6 Å². The highest BCUT2D eigenvalue weighted by atomic mass is 19.1. The van der Waals surface area contributed by atoms with Crippen LogP contribution >= 0.6 is 0 Å². The number of halogens is 2. The van der Waals surface area contributed by atoms with E-state index in [1.165, 1.54) is 7.11 Å². The van der Waals surface area contributed by atoms with Crippen LogP contribution in [0.3, 0.4) is 0 Å². The molecule has 0 fully saturated rings. The molecule has 0 atom stereocenters. The van der Waals surface area contributed by atoms with Crippen molar-refractivity contribution in [1.82, 2.24) is 5.32 Å². The van der Waals surface area contributed by atoms with Gasteiger partial charge in [0.25, 0.3) is 0 Å². The highest BCUT2D eigenvalue weighted by molar-refractivity contribution is 5.89. The van der Waals surface area contributed by atoms with E-state index in [0.29, 0.717) is 11.5 Å². The first-order valence-corrected chi connectivity index (χ1v) is 6.36. The van der Waals surface area contributed by atoms with E-state index in [9.17, 15) is 13.6 Å². The Hall–Kier alpha value is -2.83. The van der Waals surface area contributed by atoms with Crippen LogP contribution in [-0.4, -0.2) is 19.9 Å². The molecule has 2 aromatic carbocycles. The number of methoxy groups -OCH3 is 1. The van der Waals surface area contributed by atoms with Crippen molar-refractivity contribution in [2.75, 3.05) is 19.2 Å². The Balaban J connectivity index is 1.87. The second kappa shape index (κ2) is 7.26. The van der Waals surface area contributed by atoms with E-state index in [-0.39, 0.29) is 12.4 Å². The molecule has 0 saturated heterocycles. The van der Waals surface area contributed by atoms with Crippen molar-refractivity contribution in [1.29, 1.82) is 0 Å². The number of hydrogen-bond acceptors (Lipinski definition) is 3. The molecule has 5 nitrogen and oxygen atoms in total. The molecule has 7 heteroatoms. The topological polar surface area (TPSA) is 59.6 Å². The average Bonchev–Trinajstić information content (AvgIpc) is 2.51. The van der Waals surface area contributed by atoms with Crippen molar-refractivity contribution in [3.63, 3.8) is 0 Å². The maximum atomic E-state index is 13.4. The summed E-state index contributed by atoms with van der Waals surface area (Å²) in [5.74, 6) is -0.424.